The molecule has 0 aliphatic carbocycles. The van der Waals surface area contributed by atoms with E-state index in [-0.39, 0.29) is 34.1 Å². The van der Waals surface area contributed by atoms with Gasteiger partial charge in [0.1, 0.15) is 0 Å². The van der Waals surface area contributed by atoms with Crippen molar-refractivity contribution < 1.29 is 13.2 Å². The van der Waals surface area contributed by atoms with E-state index in [4.69, 9.17) is 5.73 Å². The summed E-state index contributed by atoms with van der Waals surface area (Å²) >= 11 is 3.07. The number of aromatic nitrogens is 2. The molecule has 2 aromatic rings. The van der Waals surface area contributed by atoms with Crippen molar-refractivity contribution in [2.75, 3.05) is 17.6 Å². The number of ketones is 1. The van der Waals surface area contributed by atoms with Gasteiger partial charge in [0.2, 0.25) is 16.0 Å². The minimum atomic E-state index is -3.69. The van der Waals surface area contributed by atoms with E-state index in [0.29, 0.717) is 29.7 Å². The zero-order chi connectivity index (χ0) is 19.3. The SMILES string of the molecule is Cc1nc(N)[nH]c(=O)c1CCCNS(=O)(=O)c1ccc(C(=O)CBr)cc1. The largest absolute Gasteiger partial charge is 0.369 e. The number of nitrogens with one attached hydrogen (secondary N) is 2. The van der Waals surface area contributed by atoms with Crippen molar-refractivity contribution in [2.45, 2.75) is 24.7 Å². The normalized spacial score (nSPS) is 11.5. The van der Waals surface area contributed by atoms with Crippen LogP contribution in [-0.2, 0) is 16.4 Å². The smallest absolute Gasteiger partial charge is 0.255 e. The Balaban J connectivity index is 1.96. The topological polar surface area (TPSA) is 135 Å². The minimum absolute atomic E-state index is 0.0544. The van der Waals surface area contributed by atoms with Crippen LogP contribution in [0.15, 0.2) is 34.0 Å². The first kappa shape index (κ1) is 20.3. The molecule has 0 bridgehead atoms. The summed E-state index contributed by atoms with van der Waals surface area (Å²) in [5.74, 6) is -0.0709. The van der Waals surface area contributed by atoms with Gasteiger partial charge in [0.25, 0.3) is 5.56 Å². The summed E-state index contributed by atoms with van der Waals surface area (Å²) in [6, 6.07) is 5.72. The summed E-state index contributed by atoms with van der Waals surface area (Å²) in [5, 5.41) is 0.176. The van der Waals surface area contributed by atoms with Crippen molar-refractivity contribution in [3.63, 3.8) is 0 Å². The molecule has 1 aromatic carbocycles. The van der Waals surface area contributed by atoms with E-state index in [1.165, 1.54) is 24.3 Å². The molecule has 0 atom stereocenters. The van der Waals surface area contributed by atoms with Crippen LogP contribution in [0.4, 0.5) is 5.95 Å². The fourth-order valence-electron chi connectivity index (χ4n) is 2.38. The Bertz CT molecular complexity index is 955. The fraction of sp³-hybridized carbons (Fsp3) is 0.312. The van der Waals surface area contributed by atoms with Crippen LogP contribution in [0.25, 0.3) is 0 Å². The third-order valence-corrected chi connectivity index (χ3v) is 5.73. The first-order valence-corrected chi connectivity index (χ1v) is 10.4. The number of sulfonamides is 1. The summed E-state index contributed by atoms with van der Waals surface area (Å²) in [5.41, 5.74) is 6.59. The van der Waals surface area contributed by atoms with Crippen molar-refractivity contribution in [3.05, 3.63) is 51.4 Å². The number of benzene rings is 1. The number of Topliss-reactive ketones (excluding diaryl/α,β-unsaturated/α-hetero) is 1. The second kappa shape index (κ2) is 8.56. The molecule has 0 spiro atoms. The number of H-pyrrole nitrogens is 1. The monoisotopic (exact) mass is 442 g/mol. The lowest BCUT2D eigenvalue weighted by atomic mass is 10.1. The molecule has 8 nitrogen and oxygen atoms in total. The number of carbonyl (C=O) groups is 1. The van der Waals surface area contributed by atoms with Crippen LogP contribution >= 0.6 is 15.9 Å². The van der Waals surface area contributed by atoms with Gasteiger partial charge in [-0.1, -0.05) is 28.1 Å². The molecule has 0 aliphatic rings. The first-order valence-electron chi connectivity index (χ1n) is 7.79. The number of hydrogen-bond donors (Lipinski definition) is 3. The Morgan fingerprint density at radius 2 is 1.96 bits per heavy atom. The van der Waals surface area contributed by atoms with E-state index in [1.54, 1.807) is 6.92 Å². The molecule has 10 heteroatoms. The number of nitrogens with zero attached hydrogens (tertiary/aromatic N) is 1. The maximum absolute atomic E-state index is 12.3. The molecule has 2 rings (SSSR count). The molecule has 0 aliphatic heterocycles. The van der Waals surface area contributed by atoms with Gasteiger partial charge in [-0.15, -0.1) is 0 Å². The second-order valence-corrected chi connectivity index (χ2v) is 7.93. The third kappa shape index (κ3) is 4.99. The molecular formula is C16H19BrN4O4S. The van der Waals surface area contributed by atoms with Crippen LogP contribution in [-0.4, -0.2) is 36.0 Å². The molecule has 0 radical (unpaired) electrons. The van der Waals surface area contributed by atoms with Crippen LogP contribution in [0.3, 0.4) is 0 Å². The number of anilines is 1. The van der Waals surface area contributed by atoms with E-state index in [1.807, 2.05) is 0 Å². The Kier molecular flexibility index (Phi) is 6.68. The molecule has 1 aromatic heterocycles. The zero-order valence-corrected chi connectivity index (χ0v) is 16.5. The van der Waals surface area contributed by atoms with Gasteiger partial charge >= 0.3 is 0 Å². The van der Waals surface area contributed by atoms with E-state index in [2.05, 4.69) is 30.6 Å². The highest BCUT2D eigenvalue weighted by atomic mass is 79.9. The van der Waals surface area contributed by atoms with Crippen LogP contribution in [0, 0.1) is 6.92 Å². The molecule has 0 saturated carbocycles. The summed E-state index contributed by atoms with van der Waals surface area (Å²) in [6.07, 6.45) is 0.796. The maximum atomic E-state index is 12.3. The average molecular weight is 443 g/mol. The van der Waals surface area contributed by atoms with Gasteiger partial charge < -0.3 is 5.73 Å². The summed E-state index contributed by atoms with van der Waals surface area (Å²) in [7, 11) is -3.69. The predicted molar refractivity (Wildman–Crippen MR) is 102 cm³/mol. The number of hydrogen-bond acceptors (Lipinski definition) is 6. The summed E-state index contributed by atoms with van der Waals surface area (Å²) in [4.78, 5) is 29.9. The van der Waals surface area contributed by atoms with Gasteiger partial charge in [0.15, 0.2) is 5.78 Å². The van der Waals surface area contributed by atoms with Crippen LogP contribution in [0.5, 0.6) is 0 Å². The van der Waals surface area contributed by atoms with E-state index < -0.39 is 10.0 Å². The number of aromatic amines is 1. The van der Waals surface area contributed by atoms with Gasteiger partial charge in [0, 0.05) is 23.4 Å². The average Bonchev–Trinajstić information content (AvgIpc) is 2.59. The predicted octanol–water partition coefficient (Wildman–Crippen LogP) is 1.15. The molecule has 0 unspecified atom stereocenters. The number of rotatable bonds is 8. The highest BCUT2D eigenvalue weighted by Gasteiger charge is 2.15. The number of nitrogen functional groups attached to an aromatic ring is 1. The number of halogens is 1. The molecule has 140 valence electrons. The van der Waals surface area contributed by atoms with Crippen molar-refractivity contribution >= 4 is 37.7 Å². The van der Waals surface area contributed by atoms with Gasteiger partial charge in [0.05, 0.1) is 10.2 Å². The highest BCUT2D eigenvalue weighted by molar-refractivity contribution is 9.09. The molecule has 0 fully saturated rings. The number of aryl methyl sites for hydroxylation is 1. The van der Waals surface area contributed by atoms with E-state index in [0.717, 1.165) is 0 Å². The third-order valence-electron chi connectivity index (χ3n) is 3.74. The lowest BCUT2D eigenvalue weighted by Crippen LogP contribution is -2.26. The standard InChI is InChI=1S/C16H19BrN4O4S/c1-10-13(15(23)21-16(18)20-10)3-2-8-19-26(24,25)12-6-4-11(5-7-12)14(22)9-17/h4-7,19H,2-3,8-9H2,1H3,(H3,18,20,21,23). The number of carbonyl (C=O) groups excluding carboxylic acids is 1. The number of alkyl halides is 1. The second-order valence-electron chi connectivity index (χ2n) is 5.60. The first-order chi connectivity index (χ1) is 12.2. The van der Waals surface area contributed by atoms with Crippen molar-refractivity contribution in [3.8, 4) is 0 Å². The molecule has 26 heavy (non-hydrogen) atoms. The van der Waals surface area contributed by atoms with Crippen LogP contribution in [0.1, 0.15) is 28.0 Å². The van der Waals surface area contributed by atoms with Gasteiger partial charge in [-0.05, 0) is 31.9 Å². The van der Waals surface area contributed by atoms with Crippen molar-refractivity contribution in [1.82, 2.24) is 14.7 Å². The van der Waals surface area contributed by atoms with Gasteiger partial charge in [-0.2, -0.15) is 0 Å². The Hall–Kier alpha value is -2.04. The van der Waals surface area contributed by atoms with Gasteiger partial charge in [-0.3, -0.25) is 14.6 Å². The quantitative estimate of drug-likeness (QED) is 0.318. The lowest BCUT2D eigenvalue weighted by molar-refractivity contribution is 0.102. The van der Waals surface area contributed by atoms with Crippen molar-refractivity contribution in [1.29, 1.82) is 0 Å². The molecule has 4 N–H and O–H groups in total. The van der Waals surface area contributed by atoms with E-state index in [9.17, 15) is 18.0 Å². The minimum Gasteiger partial charge on any atom is -0.369 e. The molecule has 0 saturated heterocycles. The Labute approximate surface area is 159 Å². The fourth-order valence-corrected chi connectivity index (χ4v) is 3.78. The summed E-state index contributed by atoms with van der Waals surface area (Å²) in [6.45, 7) is 1.84. The highest BCUT2D eigenvalue weighted by Crippen LogP contribution is 2.12. The lowest BCUT2D eigenvalue weighted by Gasteiger charge is -2.08. The Morgan fingerprint density at radius 1 is 1.31 bits per heavy atom. The Morgan fingerprint density at radius 3 is 2.54 bits per heavy atom. The van der Waals surface area contributed by atoms with Gasteiger partial charge in [-0.25, -0.2) is 18.1 Å². The zero-order valence-electron chi connectivity index (χ0n) is 14.1. The summed E-state index contributed by atoms with van der Waals surface area (Å²) < 4.78 is 27.0. The van der Waals surface area contributed by atoms with Crippen LogP contribution < -0.4 is 16.0 Å². The van der Waals surface area contributed by atoms with Crippen LogP contribution in [0.2, 0.25) is 0 Å². The molecule has 1 heterocycles. The van der Waals surface area contributed by atoms with Crippen molar-refractivity contribution in [2.24, 2.45) is 0 Å². The molecule has 0 amide bonds. The molecular weight excluding hydrogens is 424 g/mol. The number of nitrogens with two attached hydrogens (primary N) is 1. The van der Waals surface area contributed by atoms with E-state index >= 15 is 0 Å². The maximum Gasteiger partial charge on any atom is 0.255 e.